The summed E-state index contributed by atoms with van der Waals surface area (Å²) in [6.45, 7) is 3.03. The highest BCUT2D eigenvalue weighted by Gasteiger charge is 2.33. The Morgan fingerprint density at radius 2 is 2.37 bits per heavy atom. The van der Waals surface area contributed by atoms with Gasteiger partial charge >= 0.3 is 0 Å². The number of nitrogens with one attached hydrogen (secondary N) is 1. The third kappa shape index (κ3) is 3.45. The first-order valence-electron chi connectivity index (χ1n) is 6.48. The summed E-state index contributed by atoms with van der Waals surface area (Å²) in [5.74, 6) is 0.528. The largest absolute Gasteiger partial charge is 0.395 e. The van der Waals surface area contributed by atoms with E-state index in [-0.39, 0.29) is 18.6 Å². The Morgan fingerprint density at radius 1 is 1.63 bits per heavy atom. The molecule has 104 valence electrons. The van der Waals surface area contributed by atoms with E-state index in [1.165, 1.54) is 0 Å². The topological polar surface area (TPSA) is 65.5 Å². The molecule has 0 spiro atoms. The van der Waals surface area contributed by atoms with Crippen molar-refractivity contribution in [2.45, 2.75) is 25.8 Å². The molecule has 1 saturated carbocycles. The molecule has 1 aromatic heterocycles. The van der Waals surface area contributed by atoms with Crippen LogP contribution in [-0.4, -0.2) is 46.6 Å². The Bertz CT molecular complexity index is 463. The van der Waals surface area contributed by atoms with Crippen LogP contribution >= 0.6 is 15.9 Å². The number of carbonyl (C=O) groups is 1. The molecule has 2 rings (SSSR count). The van der Waals surface area contributed by atoms with E-state index in [0.29, 0.717) is 24.5 Å². The molecule has 0 bridgehead atoms. The van der Waals surface area contributed by atoms with E-state index in [2.05, 4.69) is 26.2 Å². The molecule has 1 aliphatic rings. The molecule has 0 unspecified atom stereocenters. The van der Waals surface area contributed by atoms with Crippen LogP contribution in [0, 0.1) is 0 Å². The fraction of sp³-hybridized carbons (Fsp3) is 0.538. The molecule has 0 saturated heterocycles. The number of rotatable bonds is 6. The van der Waals surface area contributed by atoms with Crippen LogP contribution in [0.1, 0.15) is 30.1 Å². The Balaban J connectivity index is 2.27. The molecular formula is C13H18BrN3O2. The lowest BCUT2D eigenvalue weighted by Gasteiger charge is -2.22. The van der Waals surface area contributed by atoms with Gasteiger partial charge in [-0.3, -0.25) is 4.79 Å². The number of nitrogens with zero attached hydrogens (tertiary/aromatic N) is 2. The van der Waals surface area contributed by atoms with Crippen molar-refractivity contribution in [3.63, 3.8) is 0 Å². The van der Waals surface area contributed by atoms with Crippen molar-refractivity contribution in [1.29, 1.82) is 0 Å². The first-order valence-corrected chi connectivity index (χ1v) is 7.28. The number of aliphatic hydroxyl groups is 1. The van der Waals surface area contributed by atoms with E-state index in [1.807, 2.05) is 6.92 Å². The molecule has 0 radical (unpaired) electrons. The van der Waals surface area contributed by atoms with Gasteiger partial charge in [-0.15, -0.1) is 0 Å². The van der Waals surface area contributed by atoms with E-state index in [9.17, 15) is 4.79 Å². The Morgan fingerprint density at radius 3 is 2.95 bits per heavy atom. The highest BCUT2D eigenvalue weighted by atomic mass is 79.9. The third-order valence-corrected chi connectivity index (χ3v) is 3.45. The van der Waals surface area contributed by atoms with Crippen molar-refractivity contribution in [3.8, 4) is 0 Å². The molecule has 1 fully saturated rings. The van der Waals surface area contributed by atoms with E-state index in [0.717, 1.165) is 17.3 Å². The lowest BCUT2D eigenvalue weighted by Crippen LogP contribution is -2.36. The lowest BCUT2D eigenvalue weighted by atomic mass is 10.2. The number of carbonyl (C=O) groups excluding carboxylic acids is 1. The summed E-state index contributed by atoms with van der Waals surface area (Å²) in [6.07, 6.45) is 3.70. The molecule has 1 heterocycles. The molecule has 19 heavy (non-hydrogen) atoms. The summed E-state index contributed by atoms with van der Waals surface area (Å²) in [5, 5.41) is 12.2. The van der Waals surface area contributed by atoms with Crippen LogP contribution in [0.5, 0.6) is 0 Å². The maximum absolute atomic E-state index is 12.6. The highest BCUT2D eigenvalue weighted by molar-refractivity contribution is 9.10. The average Bonchev–Trinajstić information content (AvgIpc) is 3.22. The van der Waals surface area contributed by atoms with Gasteiger partial charge in [0.2, 0.25) is 0 Å². The summed E-state index contributed by atoms with van der Waals surface area (Å²) in [6, 6.07) is 2.05. The number of aromatic nitrogens is 1. The van der Waals surface area contributed by atoms with Crippen molar-refractivity contribution in [3.05, 3.63) is 22.3 Å². The van der Waals surface area contributed by atoms with Gasteiger partial charge in [-0.2, -0.15) is 0 Å². The van der Waals surface area contributed by atoms with Gasteiger partial charge in [0, 0.05) is 29.8 Å². The number of pyridine rings is 1. The molecule has 0 aromatic carbocycles. The summed E-state index contributed by atoms with van der Waals surface area (Å²) >= 11 is 3.35. The van der Waals surface area contributed by atoms with E-state index in [1.54, 1.807) is 17.2 Å². The number of halogens is 1. The molecule has 1 amide bonds. The maximum atomic E-state index is 12.6. The molecular weight excluding hydrogens is 310 g/mol. The minimum atomic E-state index is -0.0682. The number of amides is 1. The average molecular weight is 328 g/mol. The van der Waals surface area contributed by atoms with Crippen molar-refractivity contribution < 1.29 is 9.90 Å². The summed E-state index contributed by atoms with van der Waals surface area (Å²) in [5.41, 5.74) is 0.552. The standard InChI is InChI=1S/C13H18BrN3O2/c1-2-15-12-11(7-9(14)8-16-12)13(19)17(5-6-18)10-3-4-10/h7-8,10,18H,2-6H2,1H3,(H,15,16). The van der Waals surface area contributed by atoms with Gasteiger partial charge in [-0.05, 0) is 41.8 Å². The van der Waals surface area contributed by atoms with Crippen LogP contribution in [0.4, 0.5) is 5.82 Å². The van der Waals surface area contributed by atoms with Gasteiger partial charge in [0.25, 0.3) is 5.91 Å². The van der Waals surface area contributed by atoms with Crippen LogP contribution in [0.3, 0.4) is 0 Å². The number of aliphatic hydroxyl groups excluding tert-OH is 1. The van der Waals surface area contributed by atoms with Crippen LogP contribution < -0.4 is 5.32 Å². The molecule has 0 aliphatic heterocycles. The second-order valence-electron chi connectivity index (χ2n) is 4.53. The predicted octanol–water partition coefficient (Wildman–Crippen LogP) is 1.87. The van der Waals surface area contributed by atoms with Crippen molar-refractivity contribution >= 4 is 27.7 Å². The third-order valence-electron chi connectivity index (χ3n) is 3.02. The Labute approximate surface area is 121 Å². The van der Waals surface area contributed by atoms with Gasteiger partial charge < -0.3 is 15.3 Å². The quantitative estimate of drug-likeness (QED) is 0.837. The fourth-order valence-corrected chi connectivity index (χ4v) is 2.34. The van der Waals surface area contributed by atoms with Crippen LogP contribution in [-0.2, 0) is 0 Å². The summed E-state index contributed by atoms with van der Waals surface area (Å²) < 4.78 is 0.775. The zero-order chi connectivity index (χ0) is 13.8. The summed E-state index contributed by atoms with van der Waals surface area (Å²) in [4.78, 5) is 18.6. The van der Waals surface area contributed by atoms with Gasteiger partial charge in [-0.1, -0.05) is 0 Å². The summed E-state index contributed by atoms with van der Waals surface area (Å²) in [7, 11) is 0. The smallest absolute Gasteiger partial charge is 0.257 e. The number of hydrogen-bond donors (Lipinski definition) is 2. The SMILES string of the molecule is CCNc1ncc(Br)cc1C(=O)N(CCO)C1CC1. The molecule has 6 heteroatoms. The zero-order valence-corrected chi connectivity index (χ0v) is 12.5. The van der Waals surface area contributed by atoms with Crippen molar-refractivity contribution in [1.82, 2.24) is 9.88 Å². The van der Waals surface area contributed by atoms with Crippen LogP contribution in [0.2, 0.25) is 0 Å². The monoisotopic (exact) mass is 327 g/mol. The van der Waals surface area contributed by atoms with Gasteiger partial charge in [0.15, 0.2) is 0 Å². The molecule has 1 aliphatic carbocycles. The Hall–Kier alpha value is -1.14. The van der Waals surface area contributed by atoms with E-state index < -0.39 is 0 Å². The minimum Gasteiger partial charge on any atom is -0.395 e. The van der Waals surface area contributed by atoms with Crippen LogP contribution in [0.25, 0.3) is 0 Å². The minimum absolute atomic E-state index is 0.0137. The van der Waals surface area contributed by atoms with Crippen LogP contribution in [0.15, 0.2) is 16.7 Å². The number of anilines is 1. The van der Waals surface area contributed by atoms with Crippen molar-refractivity contribution in [2.75, 3.05) is 25.0 Å². The lowest BCUT2D eigenvalue weighted by molar-refractivity contribution is 0.0708. The highest BCUT2D eigenvalue weighted by Crippen LogP contribution is 2.29. The Kier molecular flexibility index (Phi) is 4.76. The normalized spacial score (nSPS) is 14.3. The molecule has 5 nitrogen and oxygen atoms in total. The zero-order valence-electron chi connectivity index (χ0n) is 10.9. The molecule has 1 aromatic rings. The predicted molar refractivity (Wildman–Crippen MR) is 77.2 cm³/mol. The van der Waals surface area contributed by atoms with Gasteiger partial charge in [0.05, 0.1) is 12.2 Å². The molecule has 0 atom stereocenters. The van der Waals surface area contributed by atoms with Crippen molar-refractivity contribution in [2.24, 2.45) is 0 Å². The van der Waals surface area contributed by atoms with E-state index >= 15 is 0 Å². The van der Waals surface area contributed by atoms with Gasteiger partial charge in [-0.25, -0.2) is 4.98 Å². The van der Waals surface area contributed by atoms with E-state index in [4.69, 9.17) is 5.11 Å². The number of hydrogen-bond acceptors (Lipinski definition) is 4. The second-order valence-corrected chi connectivity index (χ2v) is 5.45. The maximum Gasteiger partial charge on any atom is 0.257 e. The molecule has 2 N–H and O–H groups in total. The first kappa shape index (κ1) is 14.3. The fourth-order valence-electron chi connectivity index (χ4n) is 2.01. The van der Waals surface area contributed by atoms with Gasteiger partial charge in [0.1, 0.15) is 5.82 Å². The second kappa shape index (κ2) is 6.34. The first-order chi connectivity index (χ1) is 9.17.